The number of carbonyl (C=O) groups is 3. The van der Waals surface area contributed by atoms with E-state index in [9.17, 15) is 14.4 Å². The van der Waals surface area contributed by atoms with Crippen LogP contribution in [0.4, 0.5) is 5.69 Å². The molecule has 1 aliphatic heterocycles. The summed E-state index contributed by atoms with van der Waals surface area (Å²) in [5, 5.41) is 2.70. The lowest BCUT2D eigenvalue weighted by Gasteiger charge is -2.13. The Bertz CT molecular complexity index is 832. The van der Waals surface area contributed by atoms with Gasteiger partial charge in [-0.05, 0) is 59.8 Å². The van der Waals surface area contributed by atoms with Gasteiger partial charge in [-0.15, -0.1) is 0 Å². The molecule has 0 atom stereocenters. The summed E-state index contributed by atoms with van der Waals surface area (Å²) in [6, 6.07) is 12.4. The largest absolute Gasteiger partial charge is 0.324 e. The van der Waals surface area contributed by atoms with Gasteiger partial charge in [0.2, 0.25) is 5.91 Å². The van der Waals surface area contributed by atoms with E-state index in [0.717, 1.165) is 14.0 Å². The Labute approximate surface area is 146 Å². The second-order valence-electron chi connectivity index (χ2n) is 5.30. The van der Waals surface area contributed by atoms with E-state index in [1.165, 1.54) is 0 Å². The average Bonchev–Trinajstić information content (AvgIpc) is 2.72. The minimum Gasteiger partial charge on any atom is -0.324 e. The Morgan fingerprint density at radius 1 is 1.09 bits per heavy atom. The number of halogens is 1. The van der Waals surface area contributed by atoms with Crippen LogP contribution in [0.3, 0.4) is 0 Å². The molecule has 0 fully saturated rings. The number of anilines is 1. The lowest BCUT2D eigenvalue weighted by Crippen LogP contribution is -2.37. The number of nitrogens with zero attached hydrogens (tertiary/aromatic N) is 1. The van der Waals surface area contributed by atoms with Crippen LogP contribution >= 0.6 is 22.6 Å². The number of rotatable bonds is 3. The van der Waals surface area contributed by atoms with Crippen LogP contribution in [0, 0.1) is 10.5 Å². The quantitative estimate of drug-likeness (QED) is 0.614. The Hall–Kier alpha value is -2.22. The van der Waals surface area contributed by atoms with Gasteiger partial charge in [-0.25, -0.2) is 0 Å². The molecule has 1 heterocycles. The Morgan fingerprint density at radius 3 is 2.57 bits per heavy atom. The first-order valence-corrected chi connectivity index (χ1v) is 8.06. The molecule has 0 aliphatic carbocycles. The third-order valence-electron chi connectivity index (χ3n) is 3.54. The highest BCUT2D eigenvalue weighted by molar-refractivity contribution is 14.1. The van der Waals surface area contributed by atoms with Gasteiger partial charge in [-0.3, -0.25) is 19.3 Å². The first kappa shape index (κ1) is 15.7. The summed E-state index contributed by atoms with van der Waals surface area (Å²) < 4.78 is 0.983. The molecule has 6 heteroatoms. The summed E-state index contributed by atoms with van der Waals surface area (Å²) in [5.41, 5.74) is 2.24. The van der Waals surface area contributed by atoms with Crippen LogP contribution in [0.15, 0.2) is 42.5 Å². The summed E-state index contributed by atoms with van der Waals surface area (Å²) in [4.78, 5) is 37.7. The molecule has 0 unspecified atom stereocenters. The Balaban J connectivity index is 1.75. The Morgan fingerprint density at radius 2 is 1.83 bits per heavy atom. The predicted octanol–water partition coefficient (Wildman–Crippen LogP) is 2.83. The van der Waals surface area contributed by atoms with Crippen LogP contribution in [0.5, 0.6) is 0 Å². The summed E-state index contributed by atoms with van der Waals surface area (Å²) in [7, 11) is 0. The first-order chi connectivity index (χ1) is 11.0. The highest BCUT2D eigenvalue weighted by Gasteiger charge is 2.36. The van der Waals surface area contributed by atoms with Gasteiger partial charge in [0.05, 0.1) is 11.1 Å². The number of carbonyl (C=O) groups excluding carboxylic acids is 3. The van der Waals surface area contributed by atoms with E-state index in [4.69, 9.17) is 0 Å². The summed E-state index contributed by atoms with van der Waals surface area (Å²) in [5.74, 6) is -1.26. The molecule has 23 heavy (non-hydrogen) atoms. The third kappa shape index (κ3) is 3.12. The van der Waals surface area contributed by atoms with Crippen molar-refractivity contribution >= 4 is 46.0 Å². The fourth-order valence-electron chi connectivity index (χ4n) is 2.46. The third-order valence-corrected chi connectivity index (χ3v) is 4.21. The predicted molar refractivity (Wildman–Crippen MR) is 94.3 cm³/mol. The molecule has 0 saturated heterocycles. The zero-order valence-corrected chi connectivity index (χ0v) is 14.5. The first-order valence-electron chi connectivity index (χ1n) is 6.98. The van der Waals surface area contributed by atoms with E-state index < -0.39 is 17.7 Å². The number of benzene rings is 2. The van der Waals surface area contributed by atoms with Gasteiger partial charge < -0.3 is 5.32 Å². The van der Waals surface area contributed by atoms with Gasteiger partial charge in [0, 0.05) is 9.26 Å². The van der Waals surface area contributed by atoms with E-state index in [1.54, 1.807) is 24.3 Å². The fourth-order valence-corrected chi connectivity index (χ4v) is 3.00. The molecule has 116 valence electrons. The van der Waals surface area contributed by atoms with Crippen molar-refractivity contribution in [1.29, 1.82) is 0 Å². The van der Waals surface area contributed by atoms with E-state index in [2.05, 4.69) is 27.9 Å². The minimum absolute atomic E-state index is 0.295. The van der Waals surface area contributed by atoms with E-state index in [-0.39, 0.29) is 6.54 Å². The molecule has 2 aromatic carbocycles. The normalized spacial score (nSPS) is 13.2. The number of nitrogens with one attached hydrogen (secondary N) is 1. The SMILES string of the molecule is Cc1ccc2c(c1)C(=O)N(CC(=O)Nc1cccc(I)c1)C2=O. The molecule has 3 amide bonds. The van der Waals surface area contributed by atoms with Gasteiger partial charge in [-0.1, -0.05) is 17.7 Å². The number of hydrogen-bond donors (Lipinski definition) is 1. The highest BCUT2D eigenvalue weighted by atomic mass is 127. The lowest BCUT2D eigenvalue weighted by atomic mass is 10.1. The lowest BCUT2D eigenvalue weighted by molar-refractivity contribution is -0.116. The van der Waals surface area contributed by atoms with Gasteiger partial charge in [0.25, 0.3) is 11.8 Å². The van der Waals surface area contributed by atoms with Crippen LogP contribution < -0.4 is 5.32 Å². The van der Waals surface area contributed by atoms with Crippen molar-refractivity contribution in [3.63, 3.8) is 0 Å². The van der Waals surface area contributed by atoms with Crippen molar-refractivity contribution in [2.24, 2.45) is 0 Å². The van der Waals surface area contributed by atoms with Gasteiger partial charge in [-0.2, -0.15) is 0 Å². The number of hydrogen-bond acceptors (Lipinski definition) is 3. The average molecular weight is 420 g/mol. The standard InChI is InChI=1S/C17H13IN2O3/c1-10-5-6-13-14(7-10)17(23)20(16(13)22)9-15(21)19-12-4-2-3-11(18)8-12/h2-8H,9H2,1H3,(H,19,21). The van der Waals surface area contributed by atoms with Crippen molar-refractivity contribution in [1.82, 2.24) is 4.90 Å². The van der Waals surface area contributed by atoms with Crippen LogP contribution in [0.2, 0.25) is 0 Å². The minimum atomic E-state index is -0.428. The molecule has 1 aliphatic rings. The fraction of sp³-hybridized carbons (Fsp3) is 0.118. The Kier molecular flexibility index (Phi) is 4.16. The second kappa shape index (κ2) is 6.11. The van der Waals surface area contributed by atoms with Gasteiger partial charge in [0.1, 0.15) is 6.54 Å². The van der Waals surface area contributed by atoms with Crippen molar-refractivity contribution in [2.45, 2.75) is 6.92 Å². The van der Waals surface area contributed by atoms with Crippen molar-refractivity contribution < 1.29 is 14.4 Å². The molecule has 2 aromatic rings. The summed E-state index contributed by atoms with van der Waals surface area (Å²) >= 11 is 2.14. The molecule has 0 spiro atoms. The highest BCUT2D eigenvalue weighted by Crippen LogP contribution is 2.23. The molecule has 1 N–H and O–H groups in total. The van der Waals surface area contributed by atoms with Crippen molar-refractivity contribution in [3.05, 3.63) is 62.7 Å². The van der Waals surface area contributed by atoms with E-state index in [0.29, 0.717) is 16.8 Å². The molecule has 3 rings (SSSR count). The van der Waals surface area contributed by atoms with E-state index in [1.807, 2.05) is 25.1 Å². The molecular formula is C17H13IN2O3. The number of amides is 3. The molecular weight excluding hydrogens is 407 g/mol. The maximum atomic E-state index is 12.3. The van der Waals surface area contributed by atoms with Crippen LogP contribution in [0.1, 0.15) is 26.3 Å². The van der Waals surface area contributed by atoms with Crippen LogP contribution in [-0.2, 0) is 4.79 Å². The van der Waals surface area contributed by atoms with E-state index >= 15 is 0 Å². The maximum Gasteiger partial charge on any atom is 0.262 e. The zero-order valence-electron chi connectivity index (χ0n) is 12.3. The van der Waals surface area contributed by atoms with Crippen molar-refractivity contribution in [3.8, 4) is 0 Å². The summed E-state index contributed by atoms with van der Waals surface area (Å²) in [6.07, 6.45) is 0. The summed E-state index contributed by atoms with van der Waals surface area (Å²) in [6.45, 7) is 1.56. The number of imide groups is 1. The number of fused-ring (bicyclic) bond motifs is 1. The van der Waals surface area contributed by atoms with Gasteiger partial charge >= 0.3 is 0 Å². The molecule has 0 radical (unpaired) electrons. The van der Waals surface area contributed by atoms with Crippen LogP contribution in [-0.4, -0.2) is 29.2 Å². The zero-order chi connectivity index (χ0) is 16.6. The molecule has 5 nitrogen and oxygen atoms in total. The van der Waals surface area contributed by atoms with Crippen LogP contribution in [0.25, 0.3) is 0 Å². The smallest absolute Gasteiger partial charge is 0.262 e. The second-order valence-corrected chi connectivity index (χ2v) is 6.55. The number of aryl methyl sites for hydroxylation is 1. The molecule has 0 saturated carbocycles. The topological polar surface area (TPSA) is 66.5 Å². The molecule has 0 aromatic heterocycles. The monoisotopic (exact) mass is 420 g/mol. The van der Waals surface area contributed by atoms with Gasteiger partial charge in [0.15, 0.2) is 0 Å². The van der Waals surface area contributed by atoms with Crippen molar-refractivity contribution in [2.75, 3.05) is 11.9 Å². The molecule has 0 bridgehead atoms. The maximum absolute atomic E-state index is 12.3.